The Morgan fingerprint density at radius 2 is 1.73 bits per heavy atom. The summed E-state index contributed by atoms with van der Waals surface area (Å²) >= 11 is 0. The summed E-state index contributed by atoms with van der Waals surface area (Å²) < 4.78 is 9.94. The van der Waals surface area contributed by atoms with Crippen molar-refractivity contribution in [2.75, 3.05) is 19.2 Å². The summed E-state index contributed by atoms with van der Waals surface area (Å²) in [6.45, 7) is 0. The molecule has 15 heavy (non-hydrogen) atoms. The molecular weight excluding hydrogens is 200 g/mol. The van der Waals surface area contributed by atoms with Gasteiger partial charge in [-0.15, -0.1) is 0 Å². The number of nitrogens with two attached hydrogens (primary N) is 1. The van der Waals surface area contributed by atoms with Gasteiger partial charge in [-0.05, 0) is 0 Å². The Morgan fingerprint density at radius 3 is 2.07 bits per heavy atom. The van der Waals surface area contributed by atoms with Gasteiger partial charge in [0.05, 0.1) is 19.9 Å². The number of anilines is 1. The number of amides is 1. The third-order valence-corrected chi connectivity index (χ3v) is 1.82. The van der Waals surface area contributed by atoms with E-state index in [4.69, 9.17) is 20.4 Å². The number of methoxy groups -OCH3 is 2. The Hall–Kier alpha value is -1.95. The highest BCUT2D eigenvalue weighted by Crippen LogP contribution is 2.27. The summed E-state index contributed by atoms with van der Waals surface area (Å²) in [4.78, 5) is 10.6. The molecule has 0 heterocycles. The lowest BCUT2D eigenvalue weighted by atomic mass is 10.2. The number of hydrogen-bond donors (Lipinski definition) is 2. The molecule has 0 aliphatic rings. The van der Waals surface area contributed by atoms with Crippen LogP contribution in [0.15, 0.2) is 18.2 Å². The molecule has 6 nitrogen and oxygen atoms in total. The molecule has 1 aromatic rings. The van der Waals surface area contributed by atoms with Crippen LogP contribution in [0.2, 0.25) is 0 Å². The molecule has 0 saturated heterocycles. The molecular formula is C9H12N2O4. The van der Waals surface area contributed by atoms with E-state index in [1.54, 1.807) is 6.07 Å². The van der Waals surface area contributed by atoms with Crippen LogP contribution < -0.4 is 20.3 Å². The zero-order chi connectivity index (χ0) is 11.4. The fraction of sp³-hybridized carbons (Fsp3) is 0.222. The molecule has 0 aliphatic heterocycles. The van der Waals surface area contributed by atoms with Gasteiger partial charge in [0, 0.05) is 18.2 Å². The van der Waals surface area contributed by atoms with Crippen molar-refractivity contribution in [1.29, 1.82) is 0 Å². The summed E-state index contributed by atoms with van der Waals surface area (Å²) in [5.41, 5.74) is 0.277. The highest BCUT2D eigenvalue weighted by Gasteiger charge is 2.12. The van der Waals surface area contributed by atoms with E-state index >= 15 is 0 Å². The fourth-order valence-electron chi connectivity index (χ4n) is 1.04. The van der Waals surface area contributed by atoms with E-state index in [1.807, 2.05) is 0 Å². The van der Waals surface area contributed by atoms with Gasteiger partial charge in [0.15, 0.2) is 0 Å². The molecule has 0 spiro atoms. The molecule has 1 aromatic carbocycles. The quantitative estimate of drug-likeness (QED) is 0.444. The summed E-state index contributed by atoms with van der Waals surface area (Å²) in [6.07, 6.45) is -1.26. The number of carbonyl (C=O) groups is 1. The van der Waals surface area contributed by atoms with Crippen LogP contribution in [0, 0.1) is 0 Å². The first-order chi connectivity index (χ1) is 7.08. The predicted octanol–water partition coefficient (Wildman–Crippen LogP) is 1.06. The first-order valence-electron chi connectivity index (χ1n) is 4.09. The highest BCUT2D eigenvalue weighted by atomic mass is 16.5. The van der Waals surface area contributed by atoms with Gasteiger partial charge in [-0.1, -0.05) is 0 Å². The summed E-state index contributed by atoms with van der Waals surface area (Å²) in [6, 6.07) is 4.62. The number of nitrogens with zero attached hydrogens (tertiary/aromatic N) is 1. The lowest BCUT2D eigenvalue weighted by molar-refractivity contribution is 0.202. The van der Waals surface area contributed by atoms with Crippen LogP contribution in [0.5, 0.6) is 11.5 Å². The molecule has 0 bridgehead atoms. The second kappa shape index (κ2) is 4.52. The van der Waals surface area contributed by atoms with Gasteiger partial charge in [0.25, 0.3) is 0 Å². The minimum Gasteiger partial charge on any atom is -0.497 e. The fourth-order valence-corrected chi connectivity index (χ4v) is 1.04. The third-order valence-electron chi connectivity index (χ3n) is 1.82. The Morgan fingerprint density at radius 1 is 1.27 bits per heavy atom. The minimum absolute atomic E-state index is 0.277. The van der Waals surface area contributed by atoms with Crippen molar-refractivity contribution in [1.82, 2.24) is 0 Å². The van der Waals surface area contributed by atoms with E-state index in [0.717, 1.165) is 0 Å². The van der Waals surface area contributed by atoms with E-state index in [0.29, 0.717) is 16.5 Å². The average Bonchev–Trinajstić information content (AvgIpc) is 2.27. The third kappa shape index (κ3) is 2.50. The van der Waals surface area contributed by atoms with Crippen molar-refractivity contribution in [3.8, 4) is 11.5 Å². The van der Waals surface area contributed by atoms with Crippen molar-refractivity contribution < 1.29 is 19.4 Å². The molecule has 0 aromatic heterocycles. The number of carboxylic acid groups (broad SMARTS) is 1. The maximum absolute atomic E-state index is 10.6. The van der Waals surface area contributed by atoms with E-state index in [1.165, 1.54) is 26.4 Å². The monoisotopic (exact) mass is 212 g/mol. The Kier molecular flexibility index (Phi) is 3.35. The van der Waals surface area contributed by atoms with Crippen LogP contribution >= 0.6 is 0 Å². The maximum Gasteiger partial charge on any atom is 0.426 e. The molecule has 0 radical (unpaired) electrons. The van der Waals surface area contributed by atoms with E-state index < -0.39 is 6.09 Å². The molecule has 3 N–H and O–H groups in total. The van der Waals surface area contributed by atoms with E-state index in [-0.39, 0.29) is 5.69 Å². The van der Waals surface area contributed by atoms with Crippen molar-refractivity contribution in [2.24, 2.45) is 5.84 Å². The molecule has 0 atom stereocenters. The van der Waals surface area contributed by atoms with Gasteiger partial charge in [-0.25, -0.2) is 15.6 Å². The standard InChI is InChI=1S/C9H12N2O4/c1-14-7-3-6(11(10)9(12)13)4-8(5-7)15-2/h3-5H,10H2,1-2H3,(H,12,13). The smallest absolute Gasteiger partial charge is 0.426 e. The van der Waals surface area contributed by atoms with Gasteiger partial charge in [0.2, 0.25) is 0 Å². The average molecular weight is 212 g/mol. The second-order valence-corrected chi connectivity index (χ2v) is 2.72. The van der Waals surface area contributed by atoms with Crippen LogP contribution in [-0.4, -0.2) is 25.4 Å². The SMILES string of the molecule is COc1cc(OC)cc(N(N)C(=O)O)c1. The highest BCUT2D eigenvalue weighted by molar-refractivity contribution is 5.85. The number of benzene rings is 1. The molecule has 0 saturated carbocycles. The van der Waals surface area contributed by atoms with E-state index in [9.17, 15) is 4.79 Å². The number of ether oxygens (including phenoxy) is 2. The molecule has 1 amide bonds. The number of hydrogen-bond acceptors (Lipinski definition) is 4. The zero-order valence-corrected chi connectivity index (χ0v) is 8.43. The molecule has 6 heteroatoms. The van der Waals surface area contributed by atoms with Crippen LogP contribution in [0.25, 0.3) is 0 Å². The first kappa shape index (κ1) is 11.1. The Labute approximate surface area is 86.8 Å². The second-order valence-electron chi connectivity index (χ2n) is 2.72. The van der Waals surface area contributed by atoms with Gasteiger partial charge < -0.3 is 14.6 Å². The lowest BCUT2D eigenvalue weighted by Gasteiger charge is -2.14. The van der Waals surface area contributed by atoms with E-state index in [2.05, 4.69) is 0 Å². The number of rotatable bonds is 3. The summed E-state index contributed by atoms with van der Waals surface area (Å²) in [5, 5.41) is 9.27. The van der Waals surface area contributed by atoms with Crippen LogP contribution in [0.4, 0.5) is 10.5 Å². The van der Waals surface area contributed by atoms with Crippen molar-refractivity contribution in [3.63, 3.8) is 0 Å². The van der Waals surface area contributed by atoms with Gasteiger partial charge in [-0.2, -0.15) is 0 Å². The van der Waals surface area contributed by atoms with Crippen LogP contribution in [-0.2, 0) is 0 Å². The van der Waals surface area contributed by atoms with Gasteiger partial charge in [0.1, 0.15) is 11.5 Å². The zero-order valence-electron chi connectivity index (χ0n) is 8.43. The van der Waals surface area contributed by atoms with Gasteiger partial charge in [-0.3, -0.25) is 0 Å². The van der Waals surface area contributed by atoms with Crippen molar-refractivity contribution >= 4 is 11.8 Å². The number of hydrazine groups is 1. The maximum atomic E-state index is 10.6. The van der Waals surface area contributed by atoms with Crippen molar-refractivity contribution in [2.45, 2.75) is 0 Å². The molecule has 82 valence electrons. The van der Waals surface area contributed by atoms with Gasteiger partial charge >= 0.3 is 6.09 Å². The molecule has 1 rings (SSSR count). The predicted molar refractivity (Wildman–Crippen MR) is 54.2 cm³/mol. The molecule has 0 aliphatic carbocycles. The van der Waals surface area contributed by atoms with Crippen LogP contribution in [0.1, 0.15) is 0 Å². The summed E-state index contributed by atoms with van der Waals surface area (Å²) in [7, 11) is 2.94. The largest absolute Gasteiger partial charge is 0.497 e. The minimum atomic E-state index is -1.26. The Balaban J connectivity index is 3.11. The normalized spacial score (nSPS) is 9.53. The summed E-state index contributed by atoms with van der Waals surface area (Å²) in [5.74, 6) is 6.25. The van der Waals surface area contributed by atoms with Crippen molar-refractivity contribution in [3.05, 3.63) is 18.2 Å². The topological polar surface area (TPSA) is 85.0 Å². The molecule has 0 unspecified atom stereocenters. The lowest BCUT2D eigenvalue weighted by Crippen LogP contribution is -2.35. The Bertz CT molecular complexity index is 345. The van der Waals surface area contributed by atoms with Crippen LogP contribution in [0.3, 0.4) is 0 Å². The molecule has 0 fully saturated rings. The first-order valence-corrected chi connectivity index (χ1v) is 4.09.